The zero-order valence-electron chi connectivity index (χ0n) is 22.8. The molecule has 42 heavy (non-hydrogen) atoms. The van der Waals surface area contributed by atoms with Crippen LogP contribution in [0.15, 0.2) is 48.7 Å². The van der Waals surface area contributed by atoms with Gasteiger partial charge in [0.25, 0.3) is 5.91 Å². The van der Waals surface area contributed by atoms with Gasteiger partial charge in [0.05, 0.1) is 27.8 Å². The molecular weight excluding hydrogens is 582 g/mol. The number of rotatable bonds is 7. The number of carbonyl (C=O) groups is 2. The van der Waals surface area contributed by atoms with Gasteiger partial charge in [0.1, 0.15) is 34.9 Å². The van der Waals surface area contributed by atoms with Gasteiger partial charge in [-0.15, -0.1) is 0 Å². The van der Waals surface area contributed by atoms with Crippen LogP contribution in [0, 0.1) is 18.7 Å². The molecule has 1 aliphatic carbocycles. The molecule has 1 fully saturated rings. The molecule has 11 heteroatoms. The van der Waals surface area contributed by atoms with Crippen LogP contribution in [0.2, 0.25) is 10.0 Å². The predicted molar refractivity (Wildman–Crippen MR) is 157 cm³/mol. The lowest BCUT2D eigenvalue weighted by Gasteiger charge is -2.30. The summed E-state index contributed by atoms with van der Waals surface area (Å²) in [7, 11) is 0. The Morgan fingerprint density at radius 1 is 1.24 bits per heavy atom. The Balaban J connectivity index is 1.42. The lowest BCUT2D eigenvalue weighted by Crippen LogP contribution is -2.44. The van der Waals surface area contributed by atoms with Crippen molar-refractivity contribution in [3.63, 3.8) is 0 Å². The van der Waals surface area contributed by atoms with Crippen molar-refractivity contribution in [2.24, 2.45) is 11.7 Å². The van der Waals surface area contributed by atoms with Gasteiger partial charge in [0.2, 0.25) is 5.91 Å². The number of fused-ring (bicyclic) bond motifs is 2. The second-order valence-electron chi connectivity index (χ2n) is 11.2. The number of ether oxygens (including phenoxy) is 1. The Morgan fingerprint density at radius 2 is 2.00 bits per heavy atom. The Hall–Kier alpha value is -3.79. The molecule has 216 valence electrons. The summed E-state index contributed by atoms with van der Waals surface area (Å²) in [6.07, 6.45) is 3.09. The molecule has 0 bridgehead atoms. The number of nitrogens with two attached hydrogens (primary N) is 1. The van der Waals surface area contributed by atoms with Crippen LogP contribution >= 0.6 is 23.2 Å². The van der Waals surface area contributed by atoms with E-state index >= 15 is 0 Å². The third kappa shape index (κ3) is 4.65. The highest BCUT2D eigenvalue weighted by molar-refractivity contribution is 6.35. The normalized spacial score (nSPS) is 19.2. The van der Waals surface area contributed by atoms with Gasteiger partial charge < -0.3 is 20.9 Å². The summed E-state index contributed by atoms with van der Waals surface area (Å²) in [6, 6.07) is 11.0. The molecule has 2 atom stereocenters. The molecule has 0 radical (unpaired) electrons. The van der Waals surface area contributed by atoms with Crippen LogP contribution in [0.3, 0.4) is 0 Å². The molecule has 0 spiro atoms. The molecule has 2 aromatic carbocycles. The van der Waals surface area contributed by atoms with Crippen LogP contribution in [0.5, 0.6) is 5.75 Å². The summed E-state index contributed by atoms with van der Waals surface area (Å²) >= 11 is 12.8. The maximum atomic E-state index is 14.5. The van der Waals surface area contributed by atoms with Crippen LogP contribution in [-0.4, -0.2) is 40.0 Å². The van der Waals surface area contributed by atoms with E-state index in [1.807, 2.05) is 13.0 Å². The fraction of sp³-hybridized carbons (Fsp3) is 0.290. The van der Waals surface area contributed by atoms with E-state index in [0.717, 1.165) is 5.56 Å². The number of carbonyl (C=O) groups excluding carboxylic acids is 2. The average Bonchev–Trinajstić information content (AvgIpc) is 3.76. The Bertz CT molecular complexity index is 1800. The lowest BCUT2D eigenvalue weighted by molar-refractivity contribution is -0.123. The van der Waals surface area contributed by atoms with Crippen molar-refractivity contribution in [2.45, 2.75) is 37.7 Å². The molecule has 8 nitrogen and oxygen atoms in total. The quantitative estimate of drug-likeness (QED) is 0.264. The number of amides is 2. The van der Waals surface area contributed by atoms with E-state index in [1.54, 1.807) is 31.3 Å². The summed E-state index contributed by atoms with van der Waals surface area (Å²) in [5.41, 5.74) is 5.74. The molecule has 1 aliphatic heterocycles. The standard InChI is InChI=1S/C31H27Cl2FN4O4/c1-15-8-16-9-17(10-21(32)25(16)36-12-15)28(39)37-13-31(41,18-6-7-18)23-11-20-27(42-14-30(20,2)29(35)40)26(38-23)19-4-3-5-22(34)24(19)33/h3-5,8-12,18,41H,6-7,13-14H2,1-2H3,(H2,35,40)(H,37,39)/t30-,31+/m0/s1. The smallest absolute Gasteiger partial charge is 0.251 e. The lowest BCUT2D eigenvalue weighted by atomic mass is 9.81. The van der Waals surface area contributed by atoms with E-state index in [4.69, 9.17) is 38.7 Å². The number of nitrogens with zero attached hydrogens (tertiary/aromatic N) is 2. The zero-order valence-corrected chi connectivity index (χ0v) is 24.3. The third-order valence-corrected chi connectivity index (χ3v) is 8.85. The van der Waals surface area contributed by atoms with Crippen molar-refractivity contribution in [1.29, 1.82) is 0 Å². The van der Waals surface area contributed by atoms with E-state index in [-0.39, 0.29) is 46.8 Å². The summed E-state index contributed by atoms with van der Waals surface area (Å²) in [6.45, 7) is 3.29. The molecule has 4 N–H and O–H groups in total. The highest BCUT2D eigenvalue weighted by Gasteiger charge is 2.50. The second-order valence-corrected chi connectivity index (χ2v) is 12.0. The largest absolute Gasteiger partial charge is 0.489 e. The van der Waals surface area contributed by atoms with E-state index in [1.165, 1.54) is 18.2 Å². The van der Waals surface area contributed by atoms with Crippen molar-refractivity contribution in [2.75, 3.05) is 13.2 Å². The molecule has 6 rings (SSSR count). The molecule has 3 heterocycles. The molecule has 0 saturated heterocycles. The van der Waals surface area contributed by atoms with Crippen molar-refractivity contribution in [3.05, 3.63) is 86.9 Å². The summed E-state index contributed by atoms with van der Waals surface area (Å²) < 4.78 is 20.4. The van der Waals surface area contributed by atoms with Crippen molar-refractivity contribution >= 4 is 45.9 Å². The van der Waals surface area contributed by atoms with Gasteiger partial charge in [-0.2, -0.15) is 0 Å². The number of hydrogen-bond acceptors (Lipinski definition) is 6. The van der Waals surface area contributed by atoms with Gasteiger partial charge in [-0.05, 0) is 68.5 Å². The first-order chi connectivity index (χ1) is 19.9. The number of primary amides is 1. The first-order valence-corrected chi connectivity index (χ1v) is 14.2. The Labute approximate surface area is 251 Å². The molecular formula is C31H27Cl2FN4O4. The molecule has 2 aromatic heterocycles. The van der Waals surface area contributed by atoms with Crippen LogP contribution in [0.4, 0.5) is 4.39 Å². The first kappa shape index (κ1) is 28.3. The predicted octanol–water partition coefficient (Wildman–Crippen LogP) is 5.21. The topological polar surface area (TPSA) is 127 Å². The number of hydrogen-bond donors (Lipinski definition) is 3. The van der Waals surface area contributed by atoms with Gasteiger partial charge in [0.15, 0.2) is 0 Å². The minimum Gasteiger partial charge on any atom is -0.489 e. The fourth-order valence-corrected chi connectivity index (χ4v) is 5.94. The SMILES string of the molecule is Cc1cnc2c(Cl)cc(C(=O)NC[C@](O)(c3cc4c(c(-c5cccc(F)c5Cl)n3)OC[C@]4(C)C(N)=O)C3CC3)cc2c1. The number of aliphatic hydroxyl groups is 1. The maximum Gasteiger partial charge on any atom is 0.251 e. The van der Waals surface area contributed by atoms with Crippen molar-refractivity contribution < 1.29 is 23.8 Å². The van der Waals surface area contributed by atoms with Crippen LogP contribution in [0.1, 0.15) is 46.9 Å². The minimum atomic E-state index is -1.63. The summed E-state index contributed by atoms with van der Waals surface area (Å²) in [5, 5.41) is 15.8. The Kier molecular flexibility index (Phi) is 6.87. The fourth-order valence-electron chi connectivity index (χ4n) is 5.45. The van der Waals surface area contributed by atoms with Gasteiger partial charge in [-0.1, -0.05) is 35.3 Å². The van der Waals surface area contributed by atoms with Crippen molar-refractivity contribution in [3.8, 4) is 17.0 Å². The maximum absolute atomic E-state index is 14.5. The molecule has 0 unspecified atom stereocenters. The third-order valence-electron chi connectivity index (χ3n) is 8.17. The summed E-state index contributed by atoms with van der Waals surface area (Å²) in [4.78, 5) is 35.0. The van der Waals surface area contributed by atoms with Crippen LogP contribution in [-0.2, 0) is 15.8 Å². The average molecular weight is 609 g/mol. The number of nitrogens with one attached hydrogen (secondary N) is 1. The number of benzene rings is 2. The molecule has 2 aliphatic rings. The highest BCUT2D eigenvalue weighted by atomic mass is 35.5. The van der Waals surface area contributed by atoms with Gasteiger partial charge >= 0.3 is 0 Å². The number of pyridine rings is 2. The van der Waals surface area contributed by atoms with Gasteiger partial charge in [-0.25, -0.2) is 9.37 Å². The molecule has 2 amide bonds. The monoisotopic (exact) mass is 608 g/mol. The van der Waals surface area contributed by atoms with E-state index in [0.29, 0.717) is 39.9 Å². The molecule has 1 saturated carbocycles. The Morgan fingerprint density at radius 3 is 2.71 bits per heavy atom. The van der Waals surface area contributed by atoms with Crippen LogP contribution < -0.4 is 15.8 Å². The number of aromatic nitrogens is 2. The highest BCUT2D eigenvalue weighted by Crippen LogP contribution is 2.50. The second kappa shape index (κ2) is 10.2. The van der Waals surface area contributed by atoms with E-state index in [2.05, 4.69) is 10.3 Å². The van der Waals surface area contributed by atoms with Crippen molar-refractivity contribution in [1.82, 2.24) is 15.3 Å². The first-order valence-electron chi connectivity index (χ1n) is 13.4. The van der Waals surface area contributed by atoms with E-state index in [9.17, 15) is 19.1 Å². The summed E-state index contributed by atoms with van der Waals surface area (Å²) in [5.74, 6) is -1.72. The van der Waals surface area contributed by atoms with Gasteiger partial charge in [-0.3, -0.25) is 14.6 Å². The molecule has 4 aromatic rings. The minimum absolute atomic E-state index is 0.0572. The van der Waals surface area contributed by atoms with Crippen LogP contribution in [0.25, 0.3) is 22.2 Å². The van der Waals surface area contributed by atoms with Gasteiger partial charge in [0, 0.05) is 28.3 Å². The number of aryl methyl sites for hydroxylation is 1. The van der Waals surface area contributed by atoms with E-state index < -0.39 is 28.6 Å². The number of halogens is 3. The zero-order chi connectivity index (χ0) is 30.0.